The topological polar surface area (TPSA) is 78.9 Å². The average molecular weight is 940 g/mol. The van der Waals surface area contributed by atoms with Gasteiger partial charge in [-0.15, -0.1) is 0 Å². The van der Waals surface area contributed by atoms with Crippen molar-refractivity contribution in [3.63, 3.8) is 0 Å². The molecule has 0 rings (SSSR count). The summed E-state index contributed by atoms with van der Waals surface area (Å²) in [6.45, 7) is 6.62. The second-order valence-corrected chi connectivity index (χ2v) is 19.6. The van der Waals surface area contributed by atoms with Crippen molar-refractivity contribution in [3.05, 3.63) is 48.6 Å². The van der Waals surface area contributed by atoms with Gasteiger partial charge in [-0.1, -0.05) is 268 Å². The van der Waals surface area contributed by atoms with E-state index >= 15 is 0 Å². The van der Waals surface area contributed by atoms with E-state index < -0.39 is 6.10 Å². The Kier molecular flexibility index (Phi) is 53.8. The third-order valence-electron chi connectivity index (χ3n) is 12.8. The summed E-state index contributed by atoms with van der Waals surface area (Å²) in [5.74, 6) is -0.896. The van der Waals surface area contributed by atoms with Crippen LogP contribution in [0.3, 0.4) is 0 Å². The minimum atomic E-state index is -0.782. The third-order valence-corrected chi connectivity index (χ3v) is 12.8. The van der Waals surface area contributed by atoms with Gasteiger partial charge < -0.3 is 14.2 Å². The average Bonchev–Trinajstić information content (AvgIpc) is 3.33. The van der Waals surface area contributed by atoms with Crippen molar-refractivity contribution in [1.82, 2.24) is 0 Å². The summed E-state index contributed by atoms with van der Waals surface area (Å²) in [7, 11) is 0. The van der Waals surface area contributed by atoms with E-state index in [1.165, 1.54) is 180 Å². The number of carbonyl (C=O) groups excluding carboxylic acids is 3. The number of allylic oxidation sites excluding steroid dienone is 8. The summed E-state index contributed by atoms with van der Waals surface area (Å²) in [5, 5.41) is 0. The molecule has 0 aromatic carbocycles. The molecule has 0 heterocycles. The molecule has 0 unspecified atom stereocenters. The molecule has 6 heteroatoms. The first-order valence-electron chi connectivity index (χ1n) is 29.1. The standard InChI is InChI=1S/C61H110O6/c1-4-7-10-13-16-19-22-24-26-28-30-32-34-36-39-42-45-48-51-54-60(63)66-57-58(56-65-59(62)53-50-47-44-41-38-21-18-15-12-9-6-3)67-61(64)55-52-49-46-43-40-37-35-33-31-29-27-25-23-20-17-14-11-8-5-2/h16,19,24,26,30,32,36,39,58H,4-15,17-18,20-23,25,27-29,31,33-35,37-38,40-57H2,1-3H3/b19-16-,26-24-,32-30-,39-36-/t58-/m1/s1. The molecule has 390 valence electrons. The highest BCUT2D eigenvalue weighted by molar-refractivity contribution is 5.71. The Labute approximate surface area is 416 Å². The molecule has 0 spiro atoms. The van der Waals surface area contributed by atoms with E-state index in [0.717, 1.165) is 83.5 Å². The van der Waals surface area contributed by atoms with Crippen LogP contribution in [0.15, 0.2) is 48.6 Å². The lowest BCUT2D eigenvalue weighted by atomic mass is 10.0. The smallest absolute Gasteiger partial charge is 0.306 e. The van der Waals surface area contributed by atoms with E-state index in [4.69, 9.17) is 14.2 Å². The van der Waals surface area contributed by atoms with Gasteiger partial charge in [-0.3, -0.25) is 14.4 Å². The second kappa shape index (κ2) is 56.0. The zero-order valence-electron chi connectivity index (χ0n) is 44.7. The molecule has 67 heavy (non-hydrogen) atoms. The van der Waals surface area contributed by atoms with Crippen molar-refractivity contribution in [2.24, 2.45) is 0 Å². The normalized spacial score (nSPS) is 12.3. The molecule has 1 atom stereocenters. The number of unbranched alkanes of at least 4 members (excludes halogenated alkanes) is 34. The van der Waals surface area contributed by atoms with E-state index in [1.807, 2.05) is 0 Å². The SMILES string of the molecule is CCCCC/C=C\C/C=C\C/C=C\C/C=C\CCCCCC(=O)OC[C@@H](COC(=O)CCCCCCCCCCCCC)OC(=O)CCCCCCCCCCCCCCCCCCCCC. The highest BCUT2D eigenvalue weighted by Gasteiger charge is 2.19. The molecule has 0 bridgehead atoms. The first kappa shape index (κ1) is 64.4. The number of carbonyl (C=O) groups is 3. The molecular formula is C61H110O6. The fraction of sp³-hybridized carbons (Fsp3) is 0.820. The fourth-order valence-electron chi connectivity index (χ4n) is 8.43. The Balaban J connectivity index is 4.35. The maximum Gasteiger partial charge on any atom is 0.306 e. The Morgan fingerprint density at radius 2 is 0.537 bits per heavy atom. The van der Waals surface area contributed by atoms with E-state index in [9.17, 15) is 14.4 Å². The van der Waals surface area contributed by atoms with Crippen LogP contribution in [-0.4, -0.2) is 37.2 Å². The number of hydrogen-bond donors (Lipinski definition) is 0. The van der Waals surface area contributed by atoms with Crippen molar-refractivity contribution in [3.8, 4) is 0 Å². The second-order valence-electron chi connectivity index (χ2n) is 19.6. The Hall–Kier alpha value is -2.63. The molecule has 0 aliphatic heterocycles. The van der Waals surface area contributed by atoms with Crippen LogP contribution in [-0.2, 0) is 28.6 Å². The van der Waals surface area contributed by atoms with E-state index in [1.54, 1.807) is 0 Å². The van der Waals surface area contributed by atoms with E-state index in [-0.39, 0.29) is 31.1 Å². The lowest BCUT2D eigenvalue weighted by Crippen LogP contribution is -2.30. The Morgan fingerprint density at radius 1 is 0.299 bits per heavy atom. The molecule has 0 fully saturated rings. The van der Waals surface area contributed by atoms with Gasteiger partial charge in [0.05, 0.1) is 0 Å². The van der Waals surface area contributed by atoms with Crippen LogP contribution in [0, 0.1) is 0 Å². The third kappa shape index (κ3) is 54.2. The van der Waals surface area contributed by atoms with E-state index in [0.29, 0.717) is 19.3 Å². The van der Waals surface area contributed by atoms with Crippen LogP contribution >= 0.6 is 0 Å². The Bertz CT molecular complexity index is 1170. The maximum absolute atomic E-state index is 12.9. The quantitative estimate of drug-likeness (QED) is 0.0262. The highest BCUT2D eigenvalue weighted by Crippen LogP contribution is 2.17. The molecular weight excluding hydrogens is 829 g/mol. The summed E-state index contributed by atoms with van der Waals surface area (Å²) in [5.41, 5.74) is 0. The van der Waals surface area contributed by atoms with Gasteiger partial charge in [0, 0.05) is 19.3 Å². The summed E-state index contributed by atoms with van der Waals surface area (Å²) in [6, 6.07) is 0. The molecule has 0 aromatic rings. The number of esters is 3. The summed E-state index contributed by atoms with van der Waals surface area (Å²) >= 11 is 0. The molecule has 0 radical (unpaired) electrons. The van der Waals surface area contributed by atoms with Gasteiger partial charge in [0.15, 0.2) is 6.10 Å². The van der Waals surface area contributed by atoms with Gasteiger partial charge in [0.2, 0.25) is 0 Å². The van der Waals surface area contributed by atoms with Crippen LogP contribution in [0.4, 0.5) is 0 Å². The summed E-state index contributed by atoms with van der Waals surface area (Å²) < 4.78 is 16.8. The van der Waals surface area contributed by atoms with Crippen LogP contribution in [0.1, 0.15) is 303 Å². The highest BCUT2D eigenvalue weighted by atomic mass is 16.6. The molecule has 0 saturated heterocycles. The van der Waals surface area contributed by atoms with Gasteiger partial charge in [0.25, 0.3) is 0 Å². The minimum absolute atomic E-state index is 0.0792. The van der Waals surface area contributed by atoms with Crippen molar-refractivity contribution in [2.75, 3.05) is 13.2 Å². The van der Waals surface area contributed by atoms with Gasteiger partial charge in [-0.25, -0.2) is 0 Å². The first-order chi connectivity index (χ1) is 33.0. The molecule has 0 saturated carbocycles. The summed E-state index contributed by atoms with van der Waals surface area (Å²) in [6.07, 6.45) is 68.2. The van der Waals surface area contributed by atoms with Gasteiger partial charge in [0.1, 0.15) is 13.2 Å². The number of rotatable bonds is 53. The van der Waals surface area contributed by atoms with Crippen molar-refractivity contribution >= 4 is 17.9 Å². The van der Waals surface area contributed by atoms with Crippen LogP contribution in [0.5, 0.6) is 0 Å². The molecule has 0 amide bonds. The van der Waals surface area contributed by atoms with Crippen molar-refractivity contribution < 1.29 is 28.6 Å². The zero-order chi connectivity index (χ0) is 48.6. The van der Waals surface area contributed by atoms with Crippen LogP contribution < -0.4 is 0 Å². The number of ether oxygens (including phenoxy) is 3. The molecule has 0 aromatic heterocycles. The Morgan fingerprint density at radius 3 is 0.866 bits per heavy atom. The van der Waals surface area contributed by atoms with Crippen LogP contribution in [0.25, 0.3) is 0 Å². The first-order valence-corrected chi connectivity index (χ1v) is 29.1. The molecule has 0 aliphatic rings. The van der Waals surface area contributed by atoms with Gasteiger partial charge >= 0.3 is 17.9 Å². The van der Waals surface area contributed by atoms with Crippen molar-refractivity contribution in [1.29, 1.82) is 0 Å². The lowest BCUT2D eigenvalue weighted by Gasteiger charge is -2.18. The van der Waals surface area contributed by atoms with Gasteiger partial charge in [-0.2, -0.15) is 0 Å². The lowest BCUT2D eigenvalue weighted by molar-refractivity contribution is -0.167. The monoisotopic (exact) mass is 939 g/mol. The predicted octanol–water partition coefficient (Wildman–Crippen LogP) is 19.4. The largest absolute Gasteiger partial charge is 0.462 e. The molecule has 6 nitrogen and oxygen atoms in total. The zero-order valence-corrected chi connectivity index (χ0v) is 44.7. The van der Waals surface area contributed by atoms with Crippen LogP contribution in [0.2, 0.25) is 0 Å². The summed E-state index contributed by atoms with van der Waals surface area (Å²) in [4.78, 5) is 38.1. The molecule has 0 N–H and O–H groups in total. The predicted molar refractivity (Wildman–Crippen MR) is 289 cm³/mol. The van der Waals surface area contributed by atoms with E-state index in [2.05, 4.69) is 69.4 Å². The van der Waals surface area contributed by atoms with Gasteiger partial charge in [-0.05, 0) is 64.2 Å². The minimum Gasteiger partial charge on any atom is -0.462 e. The van der Waals surface area contributed by atoms with Crippen molar-refractivity contribution in [2.45, 2.75) is 309 Å². The fourth-order valence-corrected chi connectivity index (χ4v) is 8.43. The number of hydrogen-bond acceptors (Lipinski definition) is 6. The maximum atomic E-state index is 12.9. The molecule has 0 aliphatic carbocycles.